The number of anilines is 1. The third kappa shape index (κ3) is 1.89. The van der Waals surface area contributed by atoms with Crippen molar-refractivity contribution in [2.24, 2.45) is 5.73 Å². The molecule has 84 valence electrons. The Morgan fingerprint density at radius 2 is 2.25 bits per heavy atom. The fourth-order valence-electron chi connectivity index (χ4n) is 2.08. The average Bonchev–Trinajstić information content (AvgIpc) is 2.25. The van der Waals surface area contributed by atoms with E-state index in [1.54, 1.807) is 0 Å². The molecule has 0 aliphatic heterocycles. The van der Waals surface area contributed by atoms with Crippen LogP contribution in [0.25, 0.3) is 0 Å². The molecule has 2 rings (SSSR count). The van der Waals surface area contributed by atoms with E-state index in [0.29, 0.717) is 12.6 Å². The summed E-state index contributed by atoms with van der Waals surface area (Å²) in [5.74, 6) is 0. The molecule has 0 aromatic heterocycles. The van der Waals surface area contributed by atoms with Crippen LogP contribution in [0.3, 0.4) is 0 Å². The van der Waals surface area contributed by atoms with Crippen LogP contribution in [-0.2, 0) is 6.54 Å². The minimum absolute atomic E-state index is 0.488. The first kappa shape index (κ1) is 11.0. The summed E-state index contributed by atoms with van der Waals surface area (Å²) in [6.45, 7) is 0.488. The molecular weight excluding hydrogens is 198 g/mol. The van der Waals surface area contributed by atoms with Crippen molar-refractivity contribution >= 4 is 5.69 Å². The van der Waals surface area contributed by atoms with E-state index in [-0.39, 0.29) is 0 Å². The highest BCUT2D eigenvalue weighted by atomic mass is 15.1. The van der Waals surface area contributed by atoms with Gasteiger partial charge in [0.25, 0.3) is 0 Å². The maximum Gasteiger partial charge on any atom is 0.101 e. The summed E-state index contributed by atoms with van der Waals surface area (Å²) in [6, 6.07) is 8.78. The number of hydrogen-bond donors (Lipinski definition) is 1. The second-order valence-corrected chi connectivity index (χ2v) is 4.36. The predicted octanol–water partition coefficient (Wildman–Crippen LogP) is 2.01. The van der Waals surface area contributed by atoms with Crippen LogP contribution in [0.5, 0.6) is 0 Å². The van der Waals surface area contributed by atoms with Gasteiger partial charge in [0.15, 0.2) is 0 Å². The lowest BCUT2D eigenvalue weighted by atomic mass is 9.91. The van der Waals surface area contributed by atoms with E-state index in [4.69, 9.17) is 11.0 Å². The van der Waals surface area contributed by atoms with Crippen LogP contribution in [-0.4, -0.2) is 13.1 Å². The van der Waals surface area contributed by atoms with Crippen LogP contribution < -0.4 is 10.6 Å². The van der Waals surface area contributed by atoms with E-state index in [1.807, 2.05) is 18.2 Å². The van der Waals surface area contributed by atoms with Crippen LogP contribution in [0, 0.1) is 11.3 Å². The first-order valence-corrected chi connectivity index (χ1v) is 5.72. The Kier molecular flexibility index (Phi) is 3.12. The van der Waals surface area contributed by atoms with Crippen LogP contribution in [0.4, 0.5) is 5.69 Å². The summed E-state index contributed by atoms with van der Waals surface area (Å²) >= 11 is 0. The van der Waals surface area contributed by atoms with Gasteiger partial charge in [0, 0.05) is 19.6 Å². The first-order chi connectivity index (χ1) is 7.76. The SMILES string of the molecule is CN(c1ccc(CN)cc1C#N)C1CCC1. The smallest absolute Gasteiger partial charge is 0.101 e. The summed E-state index contributed by atoms with van der Waals surface area (Å²) in [5.41, 5.74) is 8.36. The van der Waals surface area contributed by atoms with Crippen molar-refractivity contribution in [3.05, 3.63) is 29.3 Å². The first-order valence-electron chi connectivity index (χ1n) is 5.72. The lowest BCUT2D eigenvalue weighted by Gasteiger charge is -2.36. The molecule has 1 aliphatic carbocycles. The zero-order valence-electron chi connectivity index (χ0n) is 9.61. The minimum Gasteiger partial charge on any atom is -0.371 e. The van der Waals surface area contributed by atoms with Gasteiger partial charge in [-0.15, -0.1) is 0 Å². The van der Waals surface area contributed by atoms with Crippen LogP contribution in [0.2, 0.25) is 0 Å². The minimum atomic E-state index is 0.488. The highest BCUT2D eigenvalue weighted by molar-refractivity contribution is 5.60. The summed E-state index contributed by atoms with van der Waals surface area (Å²) in [6.07, 6.45) is 3.78. The maximum absolute atomic E-state index is 9.14. The van der Waals surface area contributed by atoms with E-state index < -0.39 is 0 Å². The van der Waals surface area contributed by atoms with Gasteiger partial charge >= 0.3 is 0 Å². The molecule has 0 spiro atoms. The number of nitriles is 1. The van der Waals surface area contributed by atoms with Crippen molar-refractivity contribution in [2.45, 2.75) is 31.8 Å². The Hall–Kier alpha value is -1.53. The van der Waals surface area contributed by atoms with E-state index >= 15 is 0 Å². The quantitative estimate of drug-likeness (QED) is 0.839. The third-order valence-corrected chi connectivity index (χ3v) is 3.42. The van der Waals surface area contributed by atoms with Crippen molar-refractivity contribution in [1.82, 2.24) is 0 Å². The molecule has 0 radical (unpaired) electrons. The topological polar surface area (TPSA) is 53.0 Å². The van der Waals surface area contributed by atoms with Crippen molar-refractivity contribution in [2.75, 3.05) is 11.9 Å². The fourth-order valence-corrected chi connectivity index (χ4v) is 2.08. The normalized spacial score (nSPS) is 15.3. The summed E-state index contributed by atoms with van der Waals surface area (Å²) in [5, 5.41) is 9.14. The molecular formula is C13H17N3. The van der Waals surface area contributed by atoms with Gasteiger partial charge in [-0.05, 0) is 37.0 Å². The second kappa shape index (κ2) is 4.54. The van der Waals surface area contributed by atoms with Crippen LogP contribution in [0.1, 0.15) is 30.4 Å². The van der Waals surface area contributed by atoms with Crippen molar-refractivity contribution in [3.8, 4) is 6.07 Å². The zero-order chi connectivity index (χ0) is 11.5. The van der Waals surface area contributed by atoms with Gasteiger partial charge in [-0.3, -0.25) is 0 Å². The van der Waals surface area contributed by atoms with Crippen molar-refractivity contribution in [3.63, 3.8) is 0 Å². The van der Waals surface area contributed by atoms with Gasteiger partial charge in [-0.25, -0.2) is 0 Å². The Morgan fingerprint density at radius 3 is 2.75 bits per heavy atom. The fraction of sp³-hybridized carbons (Fsp3) is 0.462. The molecule has 0 atom stereocenters. The molecule has 0 saturated heterocycles. The van der Waals surface area contributed by atoms with E-state index in [0.717, 1.165) is 16.8 Å². The predicted molar refractivity (Wildman–Crippen MR) is 65.1 cm³/mol. The van der Waals surface area contributed by atoms with Crippen molar-refractivity contribution in [1.29, 1.82) is 5.26 Å². The lowest BCUT2D eigenvalue weighted by Crippen LogP contribution is -2.37. The van der Waals surface area contributed by atoms with Gasteiger partial charge in [-0.2, -0.15) is 5.26 Å². The molecule has 0 bridgehead atoms. The number of benzene rings is 1. The molecule has 3 heteroatoms. The average molecular weight is 215 g/mol. The largest absolute Gasteiger partial charge is 0.371 e. The Balaban J connectivity index is 2.29. The van der Waals surface area contributed by atoms with E-state index in [9.17, 15) is 0 Å². The number of rotatable bonds is 3. The van der Waals surface area contributed by atoms with E-state index in [2.05, 4.69) is 18.0 Å². The number of hydrogen-bond acceptors (Lipinski definition) is 3. The van der Waals surface area contributed by atoms with Crippen LogP contribution in [0.15, 0.2) is 18.2 Å². The molecule has 16 heavy (non-hydrogen) atoms. The summed E-state index contributed by atoms with van der Waals surface area (Å²) in [4.78, 5) is 2.22. The molecule has 2 N–H and O–H groups in total. The standard InChI is InChI=1S/C13H17N3/c1-16(12-3-2-4-12)13-6-5-10(8-14)7-11(13)9-15/h5-7,12H,2-4,8,14H2,1H3. The molecule has 0 unspecified atom stereocenters. The second-order valence-electron chi connectivity index (χ2n) is 4.36. The number of nitrogens with two attached hydrogens (primary N) is 1. The third-order valence-electron chi connectivity index (χ3n) is 3.42. The molecule has 1 aromatic rings. The summed E-state index contributed by atoms with van der Waals surface area (Å²) in [7, 11) is 2.07. The molecule has 0 heterocycles. The monoisotopic (exact) mass is 215 g/mol. The molecule has 0 amide bonds. The molecule has 1 saturated carbocycles. The van der Waals surface area contributed by atoms with Gasteiger partial charge in [0.05, 0.1) is 11.3 Å². The molecule has 1 fully saturated rings. The highest BCUT2D eigenvalue weighted by Crippen LogP contribution is 2.30. The van der Waals surface area contributed by atoms with Gasteiger partial charge in [0.1, 0.15) is 6.07 Å². The van der Waals surface area contributed by atoms with Crippen molar-refractivity contribution < 1.29 is 0 Å². The van der Waals surface area contributed by atoms with Crippen LogP contribution >= 0.6 is 0 Å². The van der Waals surface area contributed by atoms with E-state index in [1.165, 1.54) is 19.3 Å². The van der Waals surface area contributed by atoms with Gasteiger partial charge in [-0.1, -0.05) is 6.07 Å². The zero-order valence-corrected chi connectivity index (χ0v) is 9.61. The number of nitrogens with zero attached hydrogens (tertiary/aromatic N) is 2. The Morgan fingerprint density at radius 1 is 1.50 bits per heavy atom. The maximum atomic E-state index is 9.14. The van der Waals surface area contributed by atoms with Gasteiger partial charge in [0.2, 0.25) is 0 Å². The highest BCUT2D eigenvalue weighted by Gasteiger charge is 2.23. The molecule has 3 nitrogen and oxygen atoms in total. The summed E-state index contributed by atoms with van der Waals surface area (Å²) < 4.78 is 0. The molecule has 1 aliphatic rings. The Bertz CT molecular complexity index is 416. The van der Waals surface area contributed by atoms with Gasteiger partial charge < -0.3 is 10.6 Å². The molecule has 1 aromatic carbocycles. The Labute approximate surface area is 96.5 Å². The lowest BCUT2D eigenvalue weighted by molar-refractivity contribution is 0.401.